The molecule has 1 aromatic rings. The van der Waals surface area contributed by atoms with Gasteiger partial charge in [0.1, 0.15) is 5.69 Å². The van der Waals surface area contributed by atoms with Crippen LogP contribution in [0.2, 0.25) is 0 Å². The SMILES string of the molecule is CCS(=O)(=O)C1CCC(CNC(=O)c2ccc(C(F)(F)F)nc2C)(CC2CC2)CC1. The molecule has 1 N–H and O–H groups in total. The van der Waals surface area contributed by atoms with E-state index in [0.29, 0.717) is 25.3 Å². The average molecular weight is 447 g/mol. The second-order valence-electron chi connectivity index (χ2n) is 8.81. The molecule has 0 saturated heterocycles. The third-order valence-electron chi connectivity index (χ3n) is 6.57. The van der Waals surface area contributed by atoms with E-state index in [1.807, 2.05) is 0 Å². The van der Waals surface area contributed by atoms with E-state index < -0.39 is 27.6 Å². The summed E-state index contributed by atoms with van der Waals surface area (Å²) in [7, 11) is -3.07. The summed E-state index contributed by atoms with van der Waals surface area (Å²) in [5.74, 6) is 0.326. The van der Waals surface area contributed by atoms with Crippen molar-refractivity contribution in [2.45, 2.75) is 70.2 Å². The van der Waals surface area contributed by atoms with E-state index in [1.54, 1.807) is 6.92 Å². The number of nitrogens with zero attached hydrogens (tertiary/aromatic N) is 1. The predicted molar refractivity (Wildman–Crippen MR) is 108 cm³/mol. The van der Waals surface area contributed by atoms with Gasteiger partial charge in [-0.05, 0) is 62.5 Å². The van der Waals surface area contributed by atoms with Crippen molar-refractivity contribution in [1.82, 2.24) is 10.3 Å². The number of aromatic nitrogens is 1. The number of hydrogen-bond donors (Lipinski definition) is 1. The molecule has 0 atom stereocenters. The minimum Gasteiger partial charge on any atom is -0.351 e. The number of rotatable bonds is 7. The maximum atomic E-state index is 12.8. The second-order valence-corrected chi connectivity index (χ2v) is 11.4. The minimum absolute atomic E-state index is 0.0383. The average Bonchev–Trinajstić information content (AvgIpc) is 3.49. The molecule has 2 saturated carbocycles. The van der Waals surface area contributed by atoms with Gasteiger partial charge < -0.3 is 5.32 Å². The lowest BCUT2D eigenvalue weighted by Gasteiger charge is -2.40. The third-order valence-corrected chi connectivity index (χ3v) is 8.86. The molecule has 1 amide bonds. The van der Waals surface area contributed by atoms with Gasteiger partial charge in [0.2, 0.25) is 0 Å². The van der Waals surface area contributed by atoms with Crippen LogP contribution >= 0.6 is 0 Å². The molecule has 0 bridgehead atoms. The lowest BCUT2D eigenvalue weighted by atomic mass is 9.70. The van der Waals surface area contributed by atoms with Crippen LogP contribution in [0.1, 0.15) is 73.6 Å². The Hall–Kier alpha value is -1.64. The largest absolute Gasteiger partial charge is 0.433 e. The van der Waals surface area contributed by atoms with Gasteiger partial charge in [0.25, 0.3) is 5.91 Å². The number of sulfone groups is 1. The fourth-order valence-electron chi connectivity index (χ4n) is 4.51. The highest BCUT2D eigenvalue weighted by Gasteiger charge is 2.42. The zero-order valence-corrected chi connectivity index (χ0v) is 18.2. The molecule has 2 aliphatic rings. The van der Waals surface area contributed by atoms with Crippen molar-refractivity contribution >= 4 is 15.7 Å². The Morgan fingerprint density at radius 1 is 1.20 bits per heavy atom. The highest BCUT2D eigenvalue weighted by Crippen LogP contribution is 2.48. The Morgan fingerprint density at radius 3 is 2.33 bits per heavy atom. The quantitative estimate of drug-likeness (QED) is 0.678. The van der Waals surface area contributed by atoms with Gasteiger partial charge in [-0.2, -0.15) is 13.2 Å². The first kappa shape index (κ1) is 23.0. The monoisotopic (exact) mass is 446 g/mol. The van der Waals surface area contributed by atoms with Crippen molar-refractivity contribution in [3.63, 3.8) is 0 Å². The number of hydrogen-bond acceptors (Lipinski definition) is 4. The van der Waals surface area contributed by atoms with Crippen LogP contribution < -0.4 is 5.32 Å². The van der Waals surface area contributed by atoms with Gasteiger partial charge in [-0.1, -0.05) is 19.8 Å². The van der Waals surface area contributed by atoms with E-state index in [1.165, 1.54) is 13.0 Å². The molecule has 5 nitrogen and oxygen atoms in total. The molecule has 3 rings (SSSR count). The number of aryl methyl sites for hydroxylation is 1. The fraction of sp³-hybridized carbons (Fsp3) is 0.714. The highest BCUT2D eigenvalue weighted by molar-refractivity contribution is 7.92. The molecule has 0 spiro atoms. The van der Waals surface area contributed by atoms with Gasteiger partial charge in [0.05, 0.1) is 16.5 Å². The Kier molecular flexibility index (Phi) is 6.51. The number of halogens is 3. The van der Waals surface area contributed by atoms with Crippen molar-refractivity contribution < 1.29 is 26.4 Å². The Morgan fingerprint density at radius 2 is 1.83 bits per heavy atom. The fourth-order valence-corrected chi connectivity index (χ4v) is 5.93. The summed E-state index contributed by atoms with van der Waals surface area (Å²) in [5, 5.41) is 2.59. The Balaban J connectivity index is 1.67. The van der Waals surface area contributed by atoms with Crippen LogP contribution in [0.3, 0.4) is 0 Å². The highest BCUT2D eigenvalue weighted by atomic mass is 32.2. The van der Waals surface area contributed by atoms with Crippen LogP contribution in [0.25, 0.3) is 0 Å². The number of amides is 1. The zero-order chi connectivity index (χ0) is 22.2. The molecule has 0 aromatic carbocycles. The van der Waals surface area contributed by atoms with E-state index >= 15 is 0 Å². The topological polar surface area (TPSA) is 76.1 Å². The lowest BCUT2D eigenvalue weighted by molar-refractivity contribution is -0.141. The zero-order valence-electron chi connectivity index (χ0n) is 17.4. The molecule has 1 aromatic heterocycles. The van der Waals surface area contributed by atoms with Crippen molar-refractivity contribution in [2.75, 3.05) is 12.3 Å². The number of pyridine rings is 1. The van der Waals surface area contributed by atoms with E-state index in [0.717, 1.165) is 38.2 Å². The van der Waals surface area contributed by atoms with Crippen LogP contribution in [0.5, 0.6) is 0 Å². The molecule has 30 heavy (non-hydrogen) atoms. The summed E-state index contributed by atoms with van der Waals surface area (Å²) in [4.78, 5) is 16.2. The van der Waals surface area contributed by atoms with E-state index in [-0.39, 0.29) is 27.7 Å². The number of carbonyl (C=O) groups excluding carboxylic acids is 1. The van der Waals surface area contributed by atoms with Crippen molar-refractivity contribution in [2.24, 2.45) is 11.3 Å². The van der Waals surface area contributed by atoms with Crippen LogP contribution in [0, 0.1) is 18.3 Å². The lowest BCUT2D eigenvalue weighted by Crippen LogP contribution is -2.43. The molecular weight excluding hydrogens is 417 g/mol. The van der Waals surface area contributed by atoms with E-state index in [4.69, 9.17) is 0 Å². The second kappa shape index (κ2) is 8.48. The van der Waals surface area contributed by atoms with Crippen LogP contribution in [0.15, 0.2) is 12.1 Å². The standard InChI is InChI=1S/C21H29F3N2O3S/c1-3-30(28,29)16-8-10-20(11-9-16,12-15-4-5-15)13-25-19(27)17-6-7-18(21(22,23)24)26-14(17)2/h6-7,15-16H,3-5,8-13H2,1-2H3,(H,25,27). The first-order chi connectivity index (χ1) is 14.0. The molecule has 1 heterocycles. The van der Waals surface area contributed by atoms with Gasteiger partial charge in [-0.3, -0.25) is 4.79 Å². The normalized spacial score (nSPS) is 25.2. The molecule has 168 valence electrons. The Labute approximate surface area is 175 Å². The number of carbonyl (C=O) groups is 1. The number of nitrogens with one attached hydrogen (secondary N) is 1. The van der Waals surface area contributed by atoms with E-state index in [2.05, 4.69) is 10.3 Å². The molecule has 0 aliphatic heterocycles. The summed E-state index contributed by atoms with van der Waals surface area (Å²) in [6, 6.07) is 1.99. The van der Waals surface area contributed by atoms with Gasteiger partial charge in [0.15, 0.2) is 9.84 Å². The summed E-state index contributed by atoms with van der Waals surface area (Å²) in [6.07, 6.45) is 1.39. The molecule has 2 aliphatic carbocycles. The first-order valence-corrected chi connectivity index (χ1v) is 12.2. The first-order valence-electron chi connectivity index (χ1n) is 10.5. The Bertz CT molecular complexity index is 887. The van der Waals surface area contributed by atoms with Gasteiger partial charge in [-0.25, -0.2) is 13.4 Å². The van der Waals surface area contributed by atoms with Gasteiger partial charge >= 0.3 is 6.18 Å². The summed E-state index contributed by atoms with van der Waals surface area (Å²) >= 11 is 0. The maximum absolute atomic E-state index is 12.8. The van der Waals surface area contributed by atoms with E-state index in [9.17, 15) is 26.4 Å². The third kappa shape index (κ3) is 5.34. The van der Waals surface area contributed by atoms with Crippen LogP contribution in [-0.2, 0) is 16.0 Å². The van der Waals surface area contributed by atoms with Crippen molar-refractivity contribution in [3.8, 4) is 0 Å². The summed E-state index contributed by atoms with van der Waals surface area (Å²) in [5.41, 5.74) is -0.996. The minimum atomic E-state index is -4.55. The van der Waals surface area contributed by atoms with Crippen molar-refractivity contribution in [3.05, 3.63) is 29.1 Å². The molecular formula is C21H29F3N2O3S. The number of alkyl halides is 3. The molecule has 2 fully saturated rings. The van der Waals surface area contributed by atoms with Crippen LogP contribution in [0.4, 0.5) is 13.2 Å². The molecule has 9 heteroatoms. The van der Waals surface area contributed by atoms with Crippen LogP contribution in [-0.4, -0.2) is 36.9 Å². The molecule has 0 radical (unpaired) electrons. The predicted octanol–water partition coefficient (Wildman–Crippen LogP) is 4.30. The smallest absolute Gasteiger partial charge is 0.351 e. The molecule has 0 unspecified atom stereocenters. The van der Waals surface area contributed by atoms with Crippen molar-refractivity contribution in [1.29, 1.82) is 0 Å². The maximum Gasteiger partial charge on any atom is 0.433 e. The van der Waals surface area contributed by atoms with Gasteiger partial charge in [0, 0.05) is 12.3 Å². The summed E-state index contributed by atoms with van der Waals surface area (Å²) < 4.78 is 62.9. The van der Waals surface area contributed by atoms with Gasteiger partial charge in [-0.15, -0.1) is 0 Å². The summed E-state index contributed by atoms with van der Waals surface area (Å²) in [6.45, 7) is 3.47.